The molecule has 2 rings (SSSR count). The summed E-state index contributed by atoms with van der Waals surface area (Å²) in [6.07, 6.45) is 5.55. The second kappa shape index (κ2) is 5.03. The molecular formula is C13H25NO2. The molecule has 1 aliphatic carbocycles. The fourth-order valence-corrected chi connectivity index (χ4v) is 3.17. The minimum absolute atomic E-state index is 0.122. The quantitative estimate of drug-likeness (QED) is 0.762. The summed E-state index contributed by atoms with van der Waals surface area (Å²) in [6.45, 7) is 5.40. The van der Waals surface area contributed by atoms with Gasteiger partial charge >= 0.3 is 0 Å². The van der Waals surface area contributed by atoms with Crippen LogP contribution < -0.4 is 0 Å². The van der Waals surface area contributed by atoms with Gasteiger partial charge in [-0.15, -0.1) is 0 Å². The third-order valence-corrected chi connectivity index (χ3v) is 4.48. The molecule has 0 radical (unpaired) electrons. The lowest BCUT2D eigenvalue weighted by atomic mass is 9.71. The molecule has 0 aromatic heterocycles. The SMILES string of the molecule is CC1CCC(CO)(CN2CCC(O)C2)CC1. The predicted octanol–water partition coefficient (Wildman–Crippen LogP) is 1.24. The fourth-order valence-electron chi connectivity index (χ4n) is 3.17. The van der Waals surface area contributed by atoms with E-state index in [1.54, 1.807) is 0 Å². The Kier molecular flexibility index (Phi) is 3.88. The highest BCUT2D eigenvalue weighted by molar-refractivity contribution is 4.89. The summed E-state index contributed by atoms with van der Waals surface area (Å²) in [4.78, 5) is 2.33. The standard InChI is InChI=1S/C13H25NO2/c1-11-2-5-13(10-15,6-3-11)9-14-7-4-12(16)8-14/h11-12,15-16H,2-10H2,1H3. The highest BCUT2D eigenvalue weighted by Gasteiger charge is 2.36. The monoisotopic (exact) mass is 227 g/mol. The number of aliphatic hydroxyl groups is 2. The lowest BCUT2D eigenvalue weighted by molar-refractivity contribution is 0.0324. The van der Waals surface area contributed by atoms with Crippen LogP contribution in [-0.2, 0) is 0 Å². The number of rotatable bonds is 3. The molecule has 0 aromatic carbocycles. The molecule has 1 heterocycles. The van der Waals surface area contributed by atoms with Crippen molar-refractivity contribution in [3.8, 4) is 0 Å². The molecule has 2 aliphatic rings. The van der Waals surface area contributed by atoms with Crippen LogP contribution in [-0.4, -0.2) is 47.5 Å². The van der Waals surface area contributed by atoms with Crippen molar-refractivity contribution >= 4 is 0 Å². The average molecular weight is 227 g/mol. The van der Waals surface area contributed by atoms with Crippen molar-refractivity contribution in [3.63, 3.8) is 0 Å². The first-order valence-corrected chi connectivity index (χ1v) is 6.65. The van der Waals surface area contributed by atoms with Gasteiger partial charge in [0.1, 0.15) is 0 Å². The van der Waals surface area contributed by atoms with Crippen molar-refractivity contribution in [2.75, 3.05) is 26.2 Å². The molecule has 2 N–H and O–H groups in total. The maximum Gasteiger partial charge on any atom is 0.0679 e. The van der Waals surface area contributed by atoms with Gasteiger partial charge in [-0.1, -0.05) is 19.8 Å². The second-order valence-electron chi connectivity index (χ2n) is 6.02. The van der Waals surface area contributed by atoms with E-state index in [1.807, 2.05) is 0 Å². The lowest BCUT2D eigenvalue weighted by Gasteiger charge is -2.40. The summed E-state index contributed by atoms with van der Waals surface area (Å²) in [7, 11) is 0. The van der Waals surface area contributed by atoms with Crippen LogP contribution >= 0.6 is 0 Å². The molecule has 1 saturated heterocycles. The molecule has 0 spiro atoms. The molecule has 3 heteroatoms. The van der Waals surface area contributed by atoms with Gasteiger partial charge in [0.15, 0.2) is 0 Å². The fraction of sp³-hybridized carbons (Fsp3) is 1.00. The van der Waals surface area contributed by atoms with Gasteiger partial charge in [-0.2, -0.15) is 0 Å². The molecule has 0 aromatic rings. The molecule has 94 valence electrons. The van der Waals surface area contributed by atoms with Crippen LogP contribution in [0.5, 0.6) is 0 Å². The maximum absolute atomic E-state index is 9.66. The summed E-state index contributed by atoms with van der Waals surface area (Å²) in [6, 6.07) is 0. The van der Waals surface area contributed by atoms with Crippen molar-refractivity contribution in [3.05, 3.63) is 0 Å². The number of aliphatic hydroxyl groups excluding tert-OH is 2. The molecule has 1 atom stereocenters. The number of nitrogens with zero attached hydrogens (tertiary/aromatic N) is 1. The summed E-state index contributed by atoms with van der Waals surface area (Å²) in [5, 5.41) is 19.2. The van der Waals surface area contributed by atoms with Gasteiger partial charge in [-0.3, -0.25) is 0 Å². The van der Waals surface area contributed by atoms with Crippen LogP contribution in [0.1, 0.15) is 39.0 Å². The first-order chi connectivity index (χ1) is 7.63. The van der Waals surface area contributed by atoms with Crippen molar-refractivity contribution < 1.29 is 10.2 Å². The number of hydrogen-bond donors (Lipinski definition) is 2. The number of likely N-dealkylation sites (tertiary alicyclic amines) is 1. The number of β-amino-alcohol motifs (C(OH)–C–C–N with tert-alkyl or cyclic N) is 1. The zero-order valence-corrected chi connectivity index (χ0v) is 10.4. The Morgan fingerprint density at radius 3 is 2.44 bits per heavy atom. The Bertz CT molecular complexity index is 224. The van der Waals surface area contributed by atoms with E-state index in [2.05, 4.69) is 11.8 Å². The molecule has 16 heavy (non-hydrogen) atoms. The van der Waals surface area contributed by atoms with Crippen molar-refractivity contribution in [1.29, 1.82) is 0 Å². The number of hydrogen-bond acceptors (Lipinski definition) is 3. The molecule has 3 nitrogen and oxygen atoms in total. The van der Waals surface area contributed by atoms with E-state index < -0.39 is 0 Å². The first-order valence-electron chi connectivity index (χ1n) is 6.65. The van der Waals surface area contributed by atoms with E-state index in [-0.39, 0.29) is 11.5 Å². The van der Waals surface area contributed by atoms with E-state index in [4.69, 9.17) is 0 Å². The van der Waals surface area contributed by atoms with Crippen LogP contribution in [0.25, 0.3) is 0 Å². The average Bonchev–Trinajstić information content (AvgIpc) is 2.68. The van der Waals surface area contributed by atoms with E-state index in [0.29, 0.717) is 6.61 Å². The minimum Gasteiger partial charge on any atom is -0.396 e. The van der Waals surface area contributed by atoms with Crippen molar-refractivity contribution in [1.82, 2.24) is 4.90 Å². The molecule has 0 bridgehead atoms. The summed E-state index contributed by atoms with van der Waals surface area (Å²) < 4.78 is 0. The van der Waals surface area contributed by atoms with Gasteiger partial charge in [0.25, 0.3) is 0 Å². The zero-order chi connectivity index (χ0) is 11.6. The Hall–Kier alpha value is -0.120. The van der Waals surface area contributed by atoms with Crippen LogP contribution in [0.2, 0.25) is 0 Å². The second-order valence-corrected chi connectivity index (χ2v) is 6.02. The molecule has 0 amide bonds. The van der Waals surface area contributed by atoms with Crippen LogP contribution in [0, 0.1) is 11.3 Å². The van der Waals surface area contributed by atoms with E-state index in [1.165, 1.54) is 12.8 Å². The Labute approximate surface area is 98.5 Å². The highest BCUT2D eigenvalue weighted by Crippen LogP contribution is 2.39. The Balaban J connectivity index is 1.89. The summed E-state index contributed by atoms with van der Waals surface area (Å²) in [5.74, 6) is 0.823. The van der Waals surface area contributed by atoms with Crippen LogP contribution in [0.3, 0.4) is 0 Å². The Morgan fingerprint density at radius 1 is 1.25 bits per heavy atom. The van der Waals surface area contributed by atoms with Gasteiger partial charge in [0, 0.05) is 31.7 Å². The van der Waals surface area contributed by atoms with Gasteiger partial charge in [0.2, 0.25) is 0 Å². The third-order valence-electron chi connectivity index (χ3n) is 4.48. The van der Waals surface area contributed by atoms with Crippen molar-refractivity contribution in [2.24, 2.45) is 11.3 Å². The first kappa shape index (κ1) is 12.3. The van der Waals surface area contributed by atoms with Gasteiger partial charge in [-0.25, -0.2) is 0 Å². The lowest BCUT2D eigenvalue weighted by Crippen LogP contribution is -2.42. The maximum atomic E-state index is 9.66. The van der Waals surface area contributed by atoms with Crippen molar-refractivity contribution in [2.45, 2.75) is 45.1 Å². The highest BCUT2D eigenvalue weighted by atomic mass is 16.3. The molecule has 1 unspecified atom stereocenters. The predicted molar refractivity (Wildman–Crippen MR) is 64.2 cm³/mol. The van der Waals surface area contributed by atoms with Gasteiger partial charge in [-0.05, 0) is 25.2 Å². The minimum atomic E-state index is -0.141. The van der Waals surface area contributed by atoms with Crippen LogP contribution in [0.15, 0.2) is 0 Å². The topological polar surface area (TPSA) is 43.7 Å². The molecule has 2 fully saturated rings. The van der Waals surface area contributed by atoms with Gasteiger partial charge < -0.3 is 15.1 Å². The van der Waals surface area contributed by atoms with E-state index >= 15 is 0 Å². The molecular weight excluding hydrogens is 202 g/mol. The summed E-state index contributed by atoms with van der Waals surface area (Å²) in [5.41, 5.74) is 0.122. The normalized spacial score (nSPS) is 41.4. The largest absolute Gasteiger partial charge is 0.396 e. The Morgan fingerprint density at radius 2 is 1.94 bits per heavy atom. The molecule has 1 saturated carbocycles. The summed E-state index contributed by atoms with van der Waals surface area (Å²) >= 11 is 0. The zero-order valence-electron chi connectivity index (χ0n) is 10.4. The van der Waals surface area contributed by atoms with Gasteiger partial charge in [0.05, 0.1) is 6.10 Å². The van der Waals surface area contributed by atoms with Crippen LogP contribution in [0.4, 0.5) is 0 Å². The molecule has 1 aliphatic heterocycles. The third kappa shape index (κ3) is 2.76. The smallest absolute Gasteiger partial charge is 0.0679 e. The van der Waals surface area contributed by atoms with E-state index in [9.17, 15) is 10.2 Å². The van der Waals surface area contributed by atoms with E-state index in [0.717, 1.165) is 44.8 Å².